The topological polar surface area (TPSA) is 61.4 Å². The van der Waals surface area contributed by atoms with Crippen molar-refractivity contribution in [1.82, 2.24) is 10.6 Å². The molecule has 0 aromatic heterocycles. The molecule has 1 atom stereocenters. The minimum Gasteiger partial charge on any atom is -0.396 e. The lowest BCUT2D eigenvalue weighted by atomic mass is 9.79. The molecule has 1 aliphatic rings. The molecule has 0 heterocycles. The van der Waals surface area contributed by atoms with Crippen LogP contribution >= 0.6 is 0 Å². The maximum atomic E-state index is 13.7. The second-order valence-corrected chi connectivity index (χ2v) is 6.41. The van der Waals surface area contributed by atoms with Gasteiger partial charge in [0.2, 0.25) is 0 Å². The molecule has 5 heteroatoms. The Morgan fingerprint density at radius 1 is 1.39 bits per heavy atom. The Morgan fingerprint density at radius 3 is 2.78 bits per heavy atom. The zero-order valence-electron chi connectivity index (χ0n) is 14.0. The van der Waals surface area contributed by atoms with E-state index in [1.54, 1.807) is 6.07 Å². The smallest absolute Gasteiger partial charge is 0.315 e. The minimum atomic E-state index is -0.226. The van der Waals surface area contributed by atoms with Crippen LogP contribution in [0.25, 0.3) is 0 Å². The molecule has 1 aromatic carbocycles. The average molecular weight is 322 g/mol. The first-order valence-electron chi connectivity index (χ1n) is 8.47. The van der Waals surface area contributed by atoms with Gasteiger partial charge in [0.1, 0.15) is 5.82 Å². The third kappa shape index (κ3) is 4.02. The quantitative estimate of drug-likeness (QED) is 0.721. The van der Waals surface area contributed by atoms with Gasteiger partial charge in [-0.15, -0.1) is 0 Å². The normalized spacial score (nSPS) is 17.0. The number of hydrogen-bond acceptors (Lipinski definition) is 2. The molecule has 1 aromatic rings. The highest BCUT2D eigenvalue weighted by Crippen LogP contribution is 2.33. The van der Waals surface area contributed by atoms with E-state index < -0.39 is 0 Å². The van der Waals surface area contributed by atoms with E-state index in [-0.39, 0.29) is 29.9 Å². The monoisotopic (exact) mass is 322 g/mol. The number of hydrogen-bond donors (Lipinski definition) is 3. The predicted octanol–water partition coefficient (Wildman–Crippen LogP) is 3.30. The zero-order chi connectivity index (χ0) is 16.9. The van der Waals surface area contributed by atoms with Gasteiger partial charge < -0.3 is 15.7 Å². The molecule has 1 aliphatic carbocycles. The van der Waals surface area contributed by atoms with Crippen LogP contribution in [0.4, 0.5) is 9.18 Å². The van der Waals surface area contributed by atoms with Crippen molar-refractivity contribution in [2.75, 3.05) is 13.2 Å². The molecular weight excluding hydrogens is 295 g/mol. The van der Waals surface area contributed by atoms with Crippen molar-refractivity contribution >= 4 is 6.03 Å². The molecule has 0 saturated heterocycles. The van der Waals surface area contributed by atoms with E-state index in [4.69, 9.17) is 0 Å². The highest BCUT2D eigenvalue weighted by Gasteiger charge is 2.28. The Labute approximate surface area is 137 Å². The number of urea groups is 1. The molecule has 0 bridgehead atoms. The Hall–Kier alpha value is -1.62. The van der Waals surface area contributed by atoms with E-state index in [1.165, 1.54) is 6.07 Å². The molecule has 3 N–H and O–H groups in total. The molecule has 0 spiro atoms. The fourth-order valence-electron chi connectivity index (χ4n) is 3.42. The van der Waals surface area contributed by atoms with Crippen LogP contribution in [0.5, 0.6) is 0 Å². The van der Waals surface area contributed by atoms with Gasteiger partial charge in [0, 0.05) is 13.2 Å². The first-order valence-corrected chi connectivity index (χ1v) is 8.47. The van der Waals surface area contributed by atoms with Crippen LogP contribution in [0.2, 0.25) is 0 Å². The third-order valence-electron chi connectivity index (χ3n) is 5.28. The van der Waals surface area contributed by atoms with Gasteiger partial charge in [-0.2, -0.15) is 0 Å². The maximum absolute atomic E-state index is 13.7. The van der Waals surface area contributed by atoms with Crippen LogP contribution in [0.15, 0.2) is 18.2 Å². The van der Waals surface area contributed by atoms with Crippen molar-refractivity contribution < 1.29 is 14.3 Å². The van der Waals surface area contributed by atoms with Gasteiger partial charge in [-0.3, -0.25) is 0 Å². The average Bonchev–Trinajstić information content (AvgIpc) is 2.96. The summed E-state index contributed by atoms with van der Waals surface area (Å²) >= 11 is 0. The number of aliphatic hydroxyl groups excluding tert-OH is 1. The predicted molar refractivity (Wildman–Crippen MR) is 88.7 cm³/mol. The summed E-state index contributed by atoms with van der Waals surface area (Å²) in [6.07, 6.45) is 3.87. The number of carbonyl (C=O) groups is 1. The Kier molecular flexibility index (Phi) is 5.99. The molecule has 2 rings (SSSR count). The molecule has 0 aliphatic heterocycles. The number of fused-ring (bicyclic) bond motifs is 1. The minimum absolute atomic E-state index is 0.0637. The first-order chi connectivity index (χ1) is 11.0. The second-order valence-electron chi connectivity index (χ2n) is 6.41. The highest BCUT2D eigenvalue weighted by molar-refractivity contribution is 5.74. The summed E-state index contributed by atoms with van der Waals surface area (Å²) in [5.74, 6) is -0.189. The van der Waals surface area contributed by atoms with Crippen LogP contribution in [0, 0.1) is 11.2 Å². The molecule has 2 amide bonds. The van der Waals surface area contributed by atoms with Gasteiger partial charge in [-0.25, -0.2) is 9.18 Å². The SMILES string of the molecule is CCC(CC)(CCO)CNC(=O)NC1CCc2c(F)cccc21. The molecule has 23 heavy (non-hydrogen) atoms. The van der Waals surface area contributed by atoms with Crippen LogP contribution < -0.4 is 10.6 Å². The van der Waals surface area contributed by atoms with Gasteiger partial charge in [0.15, 0.2) is 0 Å². The maximum Gasteiger partial charge on any atom is 0.315 e. The number of rotatable bonds is 7. The zero-order valence-corrected chi connectivity index (χ0v) is 14.0. The molecule has 1 unspecified atom stereocenters. The van der Waals surface area contributed by atoms with Crippen molar-refractivity contribution in [1.29, 1.82) is 0 Å². The lowest BCUT2D eigenvalue weighted by Gasteiger charge is -2.31. The van der Waals surface area contributed by atoms with E-state index in [0.717, 1.165) is 30.4 Å². The number of nitrogens with one attached hydrogen (secondary N) is 2. The molecule has 4 nitrogen and oxygen atoms in total. The fourth-order valence-corrected chi connectivity index (χ4v) is 3.42. The van der Waals surface area contributed by atoms with E-state index in [0.29, 0.717) is 19.4 Å². The molecular formula is C18H27FN2O2. The lowest BCUT2D eigenvalue weighted by Crippen LogP contribution is -2.43. The molecule has 0 saturated carbocycles. The van der Waals surface area contributed by atoms with E-state index >= 15 is 0 Å². The van der Waals surface area contributed by atoms with Gasteiger partial charge in [0.05, 0.1) is 6.04 Å². The van der Waals surface area contributed by atoms with Gasteiger partial charge >= 0.3 is 6.03 Å². The largest absolute Gasteiger partial charge is 0.396 e. The van der Waals surface area contributed by atoms with Crippen molar-refractivity contribution in [3.63, 3.8) is 0 Å². The Balaban J connectivity index is 1.93. The summed E-state index contributed by atoms with van der Waals surface area (Å²) in [5, 5.41) is 15.1. The van der Waals surface area contributed by atoms with Crippen molar-refractivity contribution in [2.24, 2.45) is 5.41 Å². The molecule has 128 valence electrons. The highest BCUT2D eigenvalue weighted by atomic mass is 19.1. The number of halogens is 1. The summed E-state index contributed by atoms with van der Waals surface area (Å²) in [4.78, 5) is 12.2. The number of amides is 2. The number of benzene rings is 1. The van der Waals surface area contributed by atoms with Gasteiger partial charge in [0.25, 0.3) is 0 Å². The van der Waals surface area contributed by atoms with Crippen molar-refractivity contribution in [2.45, 2.75) is 52.0 Å². The van der Waals surface area contributed by atoms with E-state index in [9.17, 15) is 14.3 Å². The second kappa shape index (κ2) is 7.77. The molecule has 0 fully saturated rings. The summed E-state index contributed by atoms with van der Waals surface area (Å²) in [7, 11) is 0. The van der Waals surface area contributed by atoms with Crippen LogP contribution in [-0.2, 0) is 6.42 Å². The Bertz CT molecular complexity index is 544. The Morgan fingerprint density at radius 2 is 2.13 bits per heavy atom. The van der Waals surface area contributed by atoms with Crippen molar-refractivity contribution in [3.8, 4) is 0 Å². The summed E-state index contributed by atoms with van der Waals surface area (Å²) < 4.78 is 13.7. The first kappa shape index (κ1) is 17.7. The summed E-state index contributed by atoms with van der Waals surface area (Å²) in [6, 6.07) is 4.68. The standard InChI is InChI=1S/C18H27FN2O2/c1-3-18(4-2,10-11-22)12-20-17(23)21-16-9-8-13-14(16)6-5-7-15(13)19/h5-7,16,22H,3-4,8-12H2,1-2H3,(H2,20,21,23). The van der Waals surface area contributed by atoms with E-state index in [1.807, 2.05) is 6.07 Å². The third-order valence-corrected chi connectivity index (χ3v) is 5.28. The van der Waals surface area contributed by atoms with Crippen LogP contribution in [0.1, 0.15) is 56.7 Å². The van der Waals surface area contributed by atoms with Gasteiger partial charge in [-0.05, 0) is 54.7 Å². The summed E-state index contributed by atoms with van der Waals surface area (Å²) in [6.45, 7) is 4.82. The number of carbonyl (C=O) groups excluding carboxylic acids is 1. The van der Waals surface area contributed by atoms with E-state index in [2.05, 4.69) is 24.5 Å². The number of aliphatic hydroxyl groups is 1. The summed E-state index contributed by atoms with van der Waals surface area (Å²) in [5.41, 5.74) is 1.54. The van der Waals surface area contributed by atoms with Crippen LogP contribution in [0.3, 0.4) is 0 Å². The fraction of sp³-hybridized carbons (Fsp3) is 0.611. The molecule has 0 radical (unpaired) electrons. The van der Waals surface area contributed by atoms with Crippen LogP contribution in [-0.4, -0.2) is 24.3 Å². The van der Waals surface area contributed by atoms with Crippen molar-refractivity contribution in [3.05, 3.63) is 35.1 Å². The van der Waals surface area contributed by atoms with Gasteiger partial charge in [-0.1, -0.05) is 26.0 Å². The lowest BCUT2D eigenvalue weighted by molar-refractivity contribution is 0.162.